The molecular formula is C25H30N2O6. The molecule has 33 heavy (non-hydrogen) atoms. The number of ether oxygens (including phenoxy) is 2. The van der Waals surface area contributed by atoms with Gasteiger partial charge in [-0.1, -0.05) is 60.7 Å². The molecule has 1 fully saturated rings. The Hall–Kier alpha value is -3.55. The number of carbonyl (C=O) groups is 3. The number of nitrogens with zero attached hydrogens (tertiary/aromatic N) is 2. The Morgan fingerprint density at radius 2 is 1.58 bits per heavy atom. The Kier molecular flexibility index (Phi) is 7.58. The fourth-order valence-corrected chi connectivity index (χ4v) is 3.72. The minimum Gasteiger partial charge on any atom is -0.480 e. The highest BCUT2D eigenvalue weighted by molar-refractivity contribution is 5.81. The first-order valence-electron chi connectivity index (χ1n) is 10.9. The van der Waals surface area contributed by atoms with Crippen LogP contribution >= 0.6 is 0 Å². The van der Waals surface area contributed by atoms with Crippen molar-refractivity contribution in [2.24, 2.45) is 0 Å². The van der Waals surface area contributed by atoms with Crippen molar-refractivity contribution in [1.82, 2.24) is 9.80 Å². The number of amides is 2. The second-order valence-corrected chi connectivity index (χ2v) is 9.03. The Bertz CT molecular complexity index is 958. The van der Waals surface area contributed by atoms with Crippen molar-refractivity contribution in [2.75, 3.05) is 6.54 Å². The average Bonchev–Trinajstić information content (AvgIpc) is 3.21. The number of likely N-dealkylation sites (tertiary alicyclic amines) is 1. The first-order valence-corrected chi connectivity index (χ1v) is 10.9. The van der Waals surface area contributed by atoms with E-state index in [4.69, 9.17) is 9.47 Å². The number of hydrogen-bond donors (Lipinski definition) is 1. The van der Waals surface area contributed by atoms with Crippen LogP contribution in [0.25, 0.3) is 0 Å². The van der Waals surface area contributed by atoms with Gasteiger partial charge in [-0.25, -0.2) is 14.4 Å². The van der Waals surface area contributed by atoms with Crippen molar-refractivity contribution in [1.29, 1.82) is 0 Å². The Morgan fingerprint density at radius 1 is 1.00 bits per heavy atom. The summed E-state index contributed by atoms with van der Waals surface area (Å²) in [5.74, 6) is -1.14. The molecule has 176 valence electrons. The lowest BCUT2D eigenvalue weighted by atomic mass is 10.1. The van der Waals surface area contributed by atoms with Gasteiger partial charge in [0.15, 0.2) is 0 Å². The number of hydrogen-bond acceptors (Lipinski definition) is 5. The summed E-state index contributed by atoms with van der Waals surface area (Å²) in [5, 5.41) is 9.75. The molecule has 2 aromatic carbocycles. The van der Waals surface area contributed by atoms with Gasteiger partial charge in [-0.15, -0.1) is 0 Å². The third-order valence-corrected chi connectivity index (χ3v) is 5.27. The predicted octanol–water partition coefficient (Wildman–Crippen LogP) is 4.29. The maximum Gasteiger partial charge on any atom is 0.410 e. The SMILES string of the molecule is CC(C)(C)OC(=O)N(Cc1ccccc1)C1C[C@@H](C(=O)O)N(C(=O)OCc2ccccc2)C1. The molecule has 1 saturated heterocycles. The van der Waals surface area contributed by atoms with Gasteiger partial charge >= 0.3 is 18.2 Å². The molecule has 8 nitrogen and oxygen atoms in total. The number of carboxylic acid groups (broad SMARTS) is 1. The van der Waals surface area contributed by atoms with Crippen molar-refractivity contribution in [3.05, 3.63) is 71.8 Å². The van der Waals surface area contributed by atoms with Gasteiger partial charge in [0.05, 0.1) is 6.04 Å². The summed E-state index contributed by atoms with van der Waals surface area (Å²) in [6.45, 7) is 5.62. The van der Waals surface area contributed by atoms with E-state index >= 15 is 0 Å². The Labute approximate surface area is 193 Å². The zero-order valence-corrected chi connectivity index (χ0v) is 19.1. The van der Waals surface area contributed by atoms with Crippen molar-refractivity contribution in [3.63, 3.8) is 0 Å². The average molecular weight is 455 g/mol. The molecule has 0 aliphatic carbocycles. The third-order valence-electron chi connectivity index (χ3n) is 5.27. The van der Waals surface area contributed by atoms with Gasteiger partial charge in [0.1, 0.15) is 18.2 Å². The van der Waals surface area contributed by atoms with Crippen LogP contribution in [0.5, 0.6) is 0 Å². The second kappa shape index (κ2) is 10.4. The monoisotopic (exact) mass is 454 g/mol. The van der Waals surface area contributed by atoms with Crippen LogP contribution in [-0.4, -0.2) is 57.3 Å². The Balaban J connectivity index is 1.77. The highest BCUT2D eigenvalue weighted by Gasteiger charge is 2.44. The lowest BCUT2D eigenvalue weighted by Crippen LogP contribution is -2.45. The molecule has 0 saturated carbocycles. The maximum atomic E-state index is 13.0. The van der Waals surface area contributed by atoms with E-state index in [1.54, 1.807) is 20.8 Å². The van der Waals surface area contributed by atoms with Crippen LogP contribution in [0, 0.1) is 0 Å². The minimum absolute atomic E-state index is 0.0347. The van der Waals surface area contributed by atoms with Gasteiger partial charge in [0.25, 0.3) is 0 Å². The van der Waals surface area contributed by atoms with E-state index in [2.05, 4.69) is 0 Å². The van der Waals surface area contributed by atoms with E-state index in [9.17, 15) is 19.5 Å². The fourth-order valence-electron chi connectivity index (χ4n) is 3.72. The van der Waals surface area contributed by atoms with Crippen LogP contribution in [0.4, 0.5) is 9.59 Å². The lowest BCUT2D eigenvalue weighted by Gasteiger charge is -2.31. The summed E-state index contributed by atoms with van der Waals surface area (Å²) in [5.41, 5.74) is 0.957. The largest absolute Gasteiger partial charge is 0.480 e. The second-order valence-electron chi connectivity index (χ2n) is 9.03. The first-order chi connectivity index (χ1) is 15.6. The summed E-state index contributed by atoms with van der Waals surface area (Å²) in [6.07, 6.45) is -1.19. The van der Waals surface area contributed by atoms with Gasteiger partial charge in [0, 0.05) is 19.5 Å². The molecule has 1 unspecified atom stereocenters. The summed E-state index contributed by atoms with van der Waals surface area (Å²) in [4.78, 5) is 40.4. The quantitative estimate of drug-likeness (QED) is 0.700. The molecule has 0 bridgehead atoms. The van der Waals surface area contributed by atoms with Crippen LogP contribution in [0.15, 0.2) is 60.7 Å². The van der Waals surface area contributed by atoms with E-state index in [-0.39, 0.29) is 26.1 Å². The molecule has 0 aromatic heterocycles. The minimum atomic E-state index is -1.14. The number of rotatable bonds is 6. The van der Waals surface area contributed by atoms with Crippen molar-refractivity contribution < 1.29 is 29.0 Å². The van der Waals surface area contributed by atoms with E-state index < -0.39 is 35.8 Å². The summed E-state index contributed by atoms with van der Waals surface area (Å²) < 4.78 is 11.0. The van der Waals surface area contributed by atoms with Gasteiger partial charge in [0.2, 0.25) is 0 Å². The molecule has 1 N–H and O–H groups in total. The van der Waals surface area contributed by atoms with Crippen LogP contribution < -0.4 is 0 Å². The molecule has 3 rings (SSSR count). The number of benzene rings is 2. The fraction of sp³-hybridized carbons (Fsp3) is 0.400. The predicted molar refractivity (Wildman–Crippen MR) is 121 cm³/mol. The molecule has 2 amide bonds. The normalized spacial score (nSPS) is 18.0. The van der Waals surface area contributed by atoms with Crippen molar-refractivity contribution >= 4 is 18.2 Å². The highest BCUT2D eigenvalue weighted by atomic mass is 16.6. The summed E-state index contributed by atoms with van der Waals surface area (Å²) >= 11 is 0. The first kappa shape index (κ1) is 24.1. The van der Waals surface area contributed by atoms with Crippen molar-refractivity contribution in [3.8, 4) is 0 Å². The Morgan fingerprint density at radius 3 is 2.12 bits per heavy atom. The zero-order valence-electron chi connectivity index (χ0n) is 19.1. The van der Waals surface area contributed by atoms with E-state index in [0.29, 0.717) is 0 Å². The van der Waals surface area contributed by atoms with E-state index in [0.717, 1.165) is 11.1 Å². The maximum absolute atomic E-state index is 13.0. The number of aliphatic carboxylic acids is 1. The molecule has 1 heterocycles. The zero-order chi connectivity index (χ0) is 24.0. The van der Waals surface area contributed by atoms with E-state index in [1.807, 2.05) is 60.7 Å². The van der Waals surface area contributed by atoms with Crippen LogP contribution in [-0.2, 0) is 27.4 Å². The molecule has 8 heteroatoms. The van der Waals surface area contributed by atoms with Crippen LogP contribution in [0.3, 0.4) is 0 Å². The summed E-state index contributed by atoms with van der Waals surface area (Å²) in [7, 11) is 0. The van der Waals surface area contributed by atoms with Gasteiger partial charge in [-0.2, -0.15) is 0 Å². The smallest absolute Gasteiger partial charge is 0.410 e. The molecular weight excluding hydrogens is 424 g/mol. The molecule has 2 atom stereocenters. The van der Waals surface area contributed by atoms with E-state index in [1.165, 1.54) is 9.80 Å². The molecule has 2 aromatic rings. The van der Waals surface area contributed by atoms with Gasteiger partial charge < -0.3 is 14.6 Å². The topological polar surface area (TPSA) is 96.4 Å². The highest BCUT2D eigenvalue weighted by Crippen LogP contribution is 2.27. The standard InChI is InChI=1S/C25H30N2O6/c1-25(2,3)33-24(31)26(15-18-10-6-4-7-11-18)20-14-21(22(28)29)27(16-20)23(30)32-17-19-12-8-5-9-13-19/h4-13,20-21H,14-17H2,1-3H3,(H,28,29)/t20?,21-/m0/s1. The lowest BCUT2D eigenvalue weighted by molar-refractivity contribution is -0.141. The van der Waals surface area contributed by atoms with Gasteiger partial charge in [-0.3, -0.25) is 9.80 Å². The summed E-state index contributed by atoms with van der Waals surface area (Å²) in [6, 6.07) is 16.9. The third kappa shape index (κ3) is 6.71. The molecule has 0 spiro atoms. The van der Waals surface area contributed by atoms with Gasteiger partial charge in [-0.05, 0) is 31.9 Å². The number of carbonyl (C=O) groups excluding carboxylic acids is 2. The number of carboxylic acids is 1. The van der Waals surface area contributed by atoms with Crippen LogP contribution in [0.2, 0.25) is 0 Å². The molecule has 1 aliphatic heterocycles. The molecule has 0 radical (unpaired) electrons. The van der Waals surface area contributed by atoms with Crippen LogP contribution in [0.1, 0.15) is 38.3 Å². The molecule has 1 aliphatic rings. The van der Waals surface area contributed by atoms with Crippen molar-refractivity contribution in [2.45, 2.75) is 58.0 Å².